The van der Waals surface area contributed by atoms with Gasteiger partial charge in [-0.2, -0.15) is 0 Å². The van der Waals surface area contributed by atoms with Crippen molar-refractivity contribution < 1.29 is 13.2 Å². The van der Waals surface area contributed by atoms with Gasteiger partial charge in [0.25, 0.3) is 10.0 Å². The van der Waals surface area contributed by atoms with Crippen molar-refractivity contribution >= 4 is 27.3 Å². The Bertz CT molecular complexity index is 830. The van der Waals surface area contributed by atoms with Crippen LogP contribution in [0.5, 0.6) is 5.75 Å². The molecule has 0 bridgehead atoms. The summed E-state index contributed by atoms with van der Waals surface area (Å²) in [7, 11) is -2.63. The molecule has 0 spiro atoms. The van der Waals surface area contributed by atoms with E-state index in [-0.39, 0.29) is 16.3 Å². The maximum atomic E-state index is 12.3. The first-order chi connectivity index (χ1) is 9.85. The van der Waals surface area contributed by atoms with Crippen molar-refractivity contribution in [3.63, 3.8) is 0 Å². The number of methoxy groups -OCH3 is 1. The molecule has 2 N–H and O–H groups in total. The zero-order valence-corrected chi connectivity index (χ0v) is 12.9. The Balaban J connectivity index is 2.49. The number of halogens is 1. The van der Waals surface area contributed by atoms with Gasteiger partial charge in [-0.05, 0) is 18.6 Å². The van der Waals surface area contributed by atoms with Gasteiger partial charge in [0.15, 0.2) is 4.90 Å². The molecule has 0 unspecified atom stereocenters. The predicted molar refractivity (Wildman–Crippen MR) is 80.6 cm³/mol. The first-order valence-electron chi connectivity index (χ1n) is 5.89. The van der Waals surface area contributed by atoms with Crippen LogP contribution in [-0.2, 0) is 10.0 Å². The minimum atomic E-state index is -4.02. The van der Waals surface area contributed by atoms with E-state index in [1.165, 1.54) is 25.4 Å². The largest absolute Gasteiger partial charge is 0.495 e. The zero-order valence-electron chi connectivity index (χ0n) is 11.3. The number of aromatic amines is 1. The minimum absolute atomic E-state index is 0.211. The second kappa shape index (κ2) is 5.79. The van der Waals surface area contributed by atoms with Crippen LogP contribution in [0.1, 0.15) is 5.56 Å². The van der Waals surface area contributed by atoms with E-state index in [1.807, 2.05) is 0 Å². The fourth-order valence-corrected chi connectivity index (χ4v) is 2.99. The van der Waals surface area contributed by atoms with E-state index in [1.54, 1.807) is 6.92 Å². The first-order valence-corrected chi connectivity index (χ1v) is 7.75. The molecule has 2 rings (SSSR count). The summed E-state index contributed by atoms with van der Waals surface area (Å²) >= 11 is 5.97. The summed E-state index contributed by atoms with van der Waals surface area (Å²) in [5.74, 6) is 0.265. The molecule has 6 nitrogen and oxygen atoms in total. The number of aryl methyl sites for hydroxylation is 1. The Labute approximate surface area is 126 Å². The van der Waals surface area contributed by atoms with Crippen LogP contribution in [0.2, 0.25) is 5.02 Å². The van der Waals surface area contributed by atoms with Crippen LogP contribution in [0.4, 0.5) is 5.69 Å². The third-order valence-corrected chi connectivity index (χ3v) is 4.60. The number of hydrogen-bond donors (Lipinski definition) is 2. The van der Waals surface area contributed by atoms with E-state index < -0.39 is 15.5 Å². The molecule has 21 heavy (non-hydrogen) atoms. The van der Waals surface area contributed by atoms with E-state index in [4.69, 9.17) is 16.3 Å². The SMILES string of the molecule is COc1cc(Cl)c(C)cc1NS(=O)(=O)c1c[nH]ccc1=O. The maximum Gasteiger partial charge on any atom is 0.267 e. The highest BCUT2D eigenvalue weighted by molar-refractivity contribution is 7.92. The lowest BCUT2D eigenvalue weighted by atomic mass is 10.2. The van der Waals surface area contributed by atoms with Crippen molar-refractivity contribution in [1.82, 2.24) is 4.98 Å². The molecule has 1 aromatic carbocycles. The van der Waals surface area contributed by atoms with Gasteiger partial charge < -0.3 is 9.72 Å². The molecule has 0 saturated carbocycles. The molecule has 1 aromatic heterocycles. The Morgan fingerprint density at radius 3 is 2.67 bits per heavy atom. The van der Waals surface area contributed by atoms with Crippen molar-refractivity contribution in [1.29, 1.82) is 0 Å². The predicted octanol–water partition coefficient (Wildman–Crippen LogP) is 2.15. The second-order valence-corrected chi connectivity index (χ2v) is 6.34. The summed E-state index contributed by atoms with van der Waals surface area (Å²) in [5.41, 5.74) is 0.283. The normalized spacial score (nSPS) is 11.2. The summed E-state index contributed by atoms with van der Waals surface area (Å²) < 4.78 is 32.0. The van der Waals surface area contributed by atoms with E-state index in [2.05, 4.69) is 9.71 Å². The van der Waals surface area contributed by atoms with Crippen LogP contribution >= 0.6 is 11.6 Å². The highest BCUT2D eigenvalue weighted by Crippen LogP contribution is 2.32. The van der Waals surface area contributed by atoms with E-state index in [0.29, 0.717) is 10.6 Å². The van der Waals surface area contributed by atoms with Gasteiger partial charge in [-0.15, -0.1) is 0 Å². The van der Waals surface area contributed by atoms with Crippen LogP contribution in [0.15, 0.2) is 40.3 Å². The summed E-state index contributed by atoms with van der Waals surface area (Å²) in [5, 5.41) is 0.451. The number of ether oxygens (including phenoxy) is 1. The smallest absolute Gasteiger partial charge is 0.267 e. The van der Waals surface area contributed by atoms with Crippen molar-refractivity contribution in [2.75, 3.05) is 11.8 Å². The number of benzene rings is 1. The lowest BCUT2D eigenvalue weighted by molar-refractivity contribution is 0.417. The molecule has 0 aliphatic heterocycles. The van der Waals surface area contributed by atoms with Crippen molar-refractivity contribution in [3.8, 4) is 5.75 Å². The minimum Gasteiger partial charge on any atom is -0.495 e. The number of nitrogens with one attached hydrogen (secondary N) is 2. The molecular weight excluding hydrogens is 316 g/mol. The standard InChI is InChI=1S/C13H13ClN2O4S/c1-8-5-10(12(20-2)6-9(8)14)16-21(18,19)13-7-15-4-3-11(13)17/h3-7,16H,1-2H3,(H,15,17). The van der Waals surface area contributed by atoms with Crippen LogP contribution in [0.3, 0.4) is 0 Å². The third kappa shape index (κ3) is 3.20. The lowest BCUT2D eigenvalue weighted by Gasteiger charge is -2.13. The molecule has 0 radical (unpaired) electrons. The van der Waals surface area contributed by atoms with E-state index >= 15 is 0 Å². The molecule has 0 fully saturated rings. The second-order valence-electron chi connectivity index (χ2n) is 4.28. The van der Waals surface area contributed by atoms with Crippen molar-refractivity contribution in [3.05, 3.63) is 51.4 Å². The topological polar surface area (TPSA) is 88.3 Å². The molecule has 0 aliphatic rings. The Morgan fingerprint density at radius 1 is 1.33 bits per heavy atom. The molecular formula is C13H13ClN2O4S. The van der Waals surface area contributed by atoms with Crippen LogP contribution < -0.4 is 14.9 Å². The number of pyridine rings is 1. The molecule has 112 valence electrons. The number of sulfonamides is 1. The van der Waals surface area contributed by atoms with E-state index in [9.17, 15) is 13.2 Å². The van der Waals surface area contributed by atoms with Gasteiger partial charge in [-0.25, -0.2) is 8.42 Å². The van der Waals surface area contributed by atoms with Gasteiger partial charge >= 0.3 is 0 Å². The van der Waals surface area contributed by atoms with Gasteiger partial charge in [0.1, 0.15) is 5.75 Å². The van der Waals surface area contributed by atoms with Gasteiger partial charge in [-0.3, -0.25) is 9.52 Å². The summed E-state index contributed by atoms with van der Waals surface area (Å²) in [6.45, 7) is 1.73. The molecule has 0 amide bonds. The lowest BCUT2D eigenvalue weighted by Crippen LogP contribution is -2.21. The quantitative estimate of drug-likeness (QED) is 0.900. The van der Waals surface area contributed by atoms with Gasteiger partial charge in [-0.1, -0.05) is 11.6 Å². The molecule has 1 heterocycles. The molecule has 0 saturated heterocycles. The van der Waals surface area contributed by atoms with Gasteiger partial charge in [0.2, 0.25) is 5.43 Å². The summed E-state index contributed by atoms with van der Waals surface area (Å²) in [6.07, 6.45) is 2.48. The Morgan fingerprint density at radius 2 is 2.05 bits per heavy atom. The van der Waals surface area contributed by atoms with Crippen LogP contribution in [0, 0.1) is 6.92 Å². The molecule has 2 aromatic rings. The van der Waals surface area contributed by atoms with Crippen molar-refractivity contribution in [2.24, 2.45) is 0 Å². The summed E-state index contributed by atoms with van der Waals surface area (Å²) in [4.78, 5) is 13.8. The Kier molecular flexibility index (Phi) is 4.24. The monoisotopic (exact) mass is 328 g/mol. The third-order valence-electron chi connectivity index (χ3n) is 2.80. The Hall–Kier alpha value is -1.99. The maximum absolute atomic E-state index is 12.3. The number of aromatic nitrogens is 1. The van der Waals surface area contributed by atoms with Crippen molar-refractivity contribution in [2.45, 2.75) is 11.8 Å². The van der Waals surface area contributed by atoms with Gasteiger partial charge in [0, 0.05) is 29.5 Å². The fraction of sp³-hybridized carbons (Fsp3) is 0.154. The van der Waals surface area contributed by atoms with Gasteiger partial charge in [0.05, 0.1) is 12.8 Å². The number of H-pyrrole nitrogens is 1. The number of hydrogen-bond acceptors (Lipinski definition) is 4. The molecule has 8 heteroatoms. The van der Waals surface area contributed by atoms with Crippen LogP contribution in [-0.4, -0.2) is 20.5 Å². The fourth-order valence-electron chi connectivity index (χ4n) is 1.72. The average Bonchev–Trinajstić information content (AvgIpc) is 2.42. The number of anilines is 1. The average molecular weight is 329 g/mol. The van der Waals surface area contributed by atoms with Crippen LogP contribution in [0.25, 0.3) is 0 Å². The van der Waals surface area contributed by atoms with E-state index in [0.717, 1.165) is 12.3 Å². The number of rotatable bonds is 4. The summed E-state index contributed by atoms with van der Waals surface area (Å²) in [6, 6.07) is 4.18. The zero-order chi connectivity index (χ0) is 15.6. The molecule has 0 atom stereocenters. The molecule has 0 aliphatic carbocycles. The highest BCUT2D eigenvalue weighted by Gasteiger charge is 2.20. The highest BCUT2D eigenvalue weighted by atomic mass is 35.5. The first kappa shape index (κ1) is 15.4.